The number of hydrogen-bond acceptors (Lipinski definition) is 6. The van der Waals surface area contributed by atoms with E-state index in [-0.39, 0.29) is 24.0 Å². The van der Waals surface area contributed by atoms with E-state index in [4.69, 9.17) is 5.73 Å². The fourth-order valence-electron chi connectivity index (χ4n) is 2.60. The minimum absolute atomic E-state index is 0. The van der Waals surface area contributed by atoms with Crippen LogP contribution < -0.4 is 10.6 Å². The molecule has 2 aromatic rings. The molecule has 3 heterocycles. The third-order valence-corrected chi connectivity index (χ3v) is 5.24. The molecule has 0 unspecified atom stereocenters. The highest BCUT2D eigenvalue weighted by Crippen LogP contribution is 2.16. The number of nitrogens with zero attached hydrogens (tertiary/aromatic N) is 6. The third kappa shape index (κ3) is 5.24. The van der Waals surface area contributed by atoms with E-state index in [1.54, 1.807) is 23.7 Å². The van der Waals surface area contributed by atoms with Crippen LogP contribution in [0.3, 0.4) is 0 Å². The molecule has 136 valence electrons. The topological polar surface area (TPSA) is 83.5 Å². The summed E-state index contributed by atoms with van der Waals surface area (Å²) < 4.78 is 0. The molecule has 0 saturated carbocycles. The van der Waals surface area contributed by atoms with Gasteiger partial charge in [-0.15, -0.1) is 35.3 Å². The van der Waals surface area contributed by atoms with E-state index in [2.05, 4.69) is 36.7 Å². The van der Waals surface area contributed by atoms with E-state index in [0.717, 1.165) is 49.2 Å². The first-order valence-electron chi connectivity index (χ1n) is 8.13. The van der Waals surface area contributed by atoms with Gasteiger partial charge in [-0.25, -0.2) is 15.0 Å². The van der Waals surface area contributed by atoms with Crippen molar-refractivity contribution in [1.29, 1.82) is 0 Å². The number of piperazine rings is 1. The number of aryl methyl sites for hydroxylation is 2. The van der Waals surface area contributed by atoms with Crippen LogP contribution in [-0.4, -0.2) is 58.5 Å². The lowest BCUT2D eigenvalue weighted by Gasteiger charge is -2.35. The SMILES string of the molecule is Cc1nc(CCN=C(N)N2CCN(c3ncccn3)CC2)sc1C.I. The van der Waals surface area contributed by atoms with Crippen LogP contribution >= 0.6 is 35.3 Å². The smallest absolute Gasteiger partial charge is 0.225 e. The van der Waals surface area contributed by atoms with Gasteiger partial charge in [0.05, 0.1) is 10.7 Å². The van der Waals surface area contributed by atoms with Gasteiger partial charge in [0.25, 0.3) is 0 Å². The number of aliphatic imine (C=N–C) groups is 1. The number of halogens is 1. The molecule has 1 aliphatic rings. The number of anilines is 1. The molecule has 9 heteroatoms. The number of rotatable bonds is 4. The number of nitrogens with two attached hydrogens (primary N) is 1. The monoisotopic (exact) mass is 473 g/mol. The molecule has 7 nitrogen and oxygen atoms in total. The quantitative estimate of drug-likeness (QED) is 0.415. The van der Waals surface area contributed by atoms with Crippen LogP contribution in [0.25, 0.3) is 0 Å². The highest BCUT2D eigenvalue weighted by atomic mass is 127. The van der Waals surface area contributed by atoms with Gasteiger partial charge in [-0.05, 0) is 19.9 Å². The summed E-state index contributed by atoms with van der Waals surface area (Å²) in [6.07, 6.45) is 4.39. The fraction of sp³-hybridized carbons (Fsp3) is 0.500. The molecule has 0 atom stereocenters. The first kappa shape index (κ1) is 19.8. The van der Waals surface area contributed by atoms with Gasteiger partial charge >= 0.3 is 0 Å². The molecule has 0 aliphatic carbocycles. The Morgan fingerprint density at radius 3 is 2.48 bits per heavy atom. The average molecular weight is 473 g/mol. The highest BCUT2D eigenvalue weighted by molar-refractivity contribution is 14.0. The van der Waals surface area contributed by atoms with Crippen LogP contribution in [0.4, 0.5) is 5.95 Å². The van der Waals surface area contributed by atoms with Crippen LogP contribution in [0.1, 0.15) is 15.6 Å². The van der Waals surface area contributed by atoms with Gasteiger partial charge in [-0.1, -0.05) is 0 Å². The lowest BCUT2D eigenvalue weighted by atomic mass is 10.3. The van der Waals surface area contributed by atoms with E-state index < -0.39 is 0 Å². The Balaban J connectivity index is 0.00000225. The van der Waals surface area contributed by atoms with Crippen LogP contribution in [-0.2, 0) is 6.42 Å². The predicted octanol–water partition coefficient (Wildman–Crippen LogP) is 1.85. The summed E-state index contributed by atoms with van der Waals surface area (Å²) in [4.78, 5) is 23.2. The molecule has 1 saturated heterocycles. The molecule has 2 N–H and O–H groups in total. The highest BCUT2D eigenvalue weighted by Gasteiger charge is 2.19. The van der Waals surface area contributed by atoms with E-state index >= 15 is 0 Å². The van der Waals surface area contributed by atoms with Crippen molar-refractivity contribution in [3.05, 3.63) is 34.0 Å². The summed E-state index contributed by atoms with van der Waals surface area (Å²) in [5.74, 6) is 1.40. The van der Waals surface area contributed by atoms with E-state index in [9.17, 15) is 0 Å². The van der Waals surface area contributed by atoms with Crippen molar-refractivity contribution in [2.24, 2.45) is 10.7 Å². The minimum atomic E-state index is 0. The van der Waals surface area contributed by atoms with Gasteiger partial charge in [0.1, 0.15) is 0 Å². The first-order chi connectivity index (χ1) is 11.6. The van der Waals surface area contributed by atoms with Gasteiger partial charge in [0.15, 0.2) is 5.96 Å². The van der Waals surface area contributed by atoms with Crippen molar-refractivity contribution in [2.75, 3.05) is 37.6 Å². The molecule has 0 amide bonds. The van der Waals surface area contributed by atoms with Crippen molar-refractivity contribution in [2.45, 2.75) is 20.3 Å². The molecule has 3 rings (SSSR count). The van der Waals surface area contributed by atoms with Crippen molar-refractivity contribution in [3.63, 3.8) is 0 Å². The predicted molar refractivity (Wildman–Crippen MR) is 113 cm³/mol. The van der Waals surface area contributed by atoms with E-state index in [0.29, 0.717) is 12.5 Å². The Morgan fingerprint density at radius 1 is 1.20 bits per heavy atom. The zero-order valence-corrected chi connectivity index (χ0v) is 17.7. The molecule has 0 aromatic carbocycles. The Hall–Kier alpha value is -1.49. The van der Waals surface area contributed by atoms with Crippen molar-refractivity contribution >= 4 is 47.2 Å². The molecule has 0 bridgehead atoms. The Kier molecular flexibility index (Phi) is 7.36. The molecular formula is C16H24IN7S. The Labute approximate surface area is 169 Å². The minimum Gasteiger partial charge on any atom is -0.370 e. The summed E-state index contributed by atoms with van der Waals surface area (Å²) >= 11 is 1.74. The second-order valence-corrected chi connectivity index (χ2v) is 7.05. The summed E-state index contributed by atoms with van der Waals surface area (Å²) in [6, 6.07) is 1.83. The number of aromatic nitrogens is 3. The maximum absolute atomic E-state index is 6.14. The number of hydrogen-bond donors (Lipinski definition) is 1. The van der Waals surface area contributed by atoms with Gasteiger partial charge in [-0.2, -0.15) is 0 Å². The van der Waals surface area contributed by atoms with Gasteiger partial charge < -0.3 is 15.5 Å². The molecular weight excluding hydrogens is 449 g/mol. The standard InChI is InChI=1S/C16H23N7S.HI/c1-12-13(2)24-14(21-12)4-7-18-15(17)22-8-10-23(11-9-22)16-19-5-3-6-20-16;/h3,5-6H,4,7-11H2,1-2H3,(H2,17,18);1H. The largest absolute Gasteiger partial charge is 0.370 e. The zero-order chi connectivity index (χ0) is 16.9. The molecule has 1 fully saturated rings. The van der Waals surface area contributed by atoms with Gasteiger partial charge in [0, 0.05) is 56.4 Å². The fourth-order valence-corrected chi connectivity index (χ4v) is 3.52. The molecule has 0 spiro atoms. The average Bonchev–Trinajstić information content (AvgIpc) is 2.93. The van der Waals surface area contributed by atoms with Gasteiger partial charge in [0.2, 0.25) is 5.95 Å². The summed E-state index contributed by atoms with van der Waals surface area (Å²) in [5, 5.41) is 1.13. The lowest BCUT2D eigenvalue weighted by molar-refractivity contribution is 0.378. The van der Waals surface area contributed by atoms with Crippen LogP contribution in [0, 0.1) is 13.8 Å². The molecule has 2 aromatic heterocycles. The lowest BCUT2D eigenvalue weighted by Crippen LogP contribution is -2.51. The third-order valence-electron chi connectivity index (χ3n) is 4.11. The van der Waals surface area contributed by atoms with Crippen molar-refractivity contribution in [1.82, 2.24) is 19.9 Å². The zero-order valence-electron chi connectivity index (χ0n) is 14.6. The molecule has 0 radical (unpaired) electrons. The van der Waals surface area contributed by atoms with Crippen LogP contribution in [0.2, 0.25) is 0 Å². The molecule has 25 heavy (non-hydrogen) atoms. The summed E-state index contributed by atoms with van der Waals surface area (Å²) in [7, 11) is 0. The Bertz CT molecular complexity index is 676. The van der Waals surface area contributed by atoms with E-state index in [1.807, 2.05) is 13.0 Å². The van der Waals surface area contributed by atoms with Crippen LogP contribution in [0.5, 0.6) is 0 Å². The second-order valence-electron chi connectivity index (χ2n) is 5.76. The number of thiazole rings is 1. The van der Waals surface area contributed by atoms with Gasteiger partial charge in [-0.3, -0.25) is 4.99 Å². The second kappa shape index (κ2) is 9.27. The Morgan fingerprint density at radius 2 is 1.88 bits per heavy atom. The summed E-state index contributed by atoms with van der Waals surface area (Å²) in [6.45, 7) is 8.20. The van der Waals surface area contributed by atoms with Crippen molar-refractivity contribution < 1.29 is 0 Å². The summed E-state index contributed by atoms with van der Waals surface area (Å²) in [5.41, 5.74) is 7.26. The van der Waals surface area contributed by atoms with E-state index in [1.165, 1.54) is 4.88 Å². The first-order valence-corrected chi connectivity index (χ1v) is 8.95. The van der Waals surface area contributed by atoms with Crippen LogP contribution in [0.15, 0.2) is 23.5 Å². The normalized spacial score (nSPS) is 15.2. The number of guanidine groups is 1. The maximum Gasteiger partial charge on any atom is 0.225 e. The van der Waals surface area contributed by atoms with Crippen molar-refractivity contribution in [3.8, 4) is 0 Å². The maximum atomic E-state index is 6.14. The molecule has 1 aliphatic heterocycles.